The molecule has 0 fully saturated rings. The highest BCUT2D eigenvalue weighted by Gasteiger charge is 2.07. The Morgan fingerprint density at radius 3 is 2.78 bits per heavy atom. The van der Waals surface area contributed by atoms with Gasteiger partial charge in [-0.3, -0.25) is 4.79 Å². The first-order valence-corrected chi connectivity index (χ1v) is 7.44. The van der Waals surface area contributed by atoms with Gasteiger partial charge in [0.05, 0.1) is 11.9 Å². The van der Waals surface area contributed by atoms with E-state index in [0.717, 1.165) is 17.7 Å². The second kappa shape index (κ2) is 9.00. The molecule has 3 nitrogen and oxygen atoms in total. The minimum atomic E-state index is -0.521. The average Bonchev–Trinajstić information content (AvgIpc) is 2.38. The number of carbonyl (C=O) groups is 1. The zero-order valence-corrected chi connectivity index (χ0v) is 11.6. The number of rotatable bonds is 8. The third-order valence-corrected chi connectivity index (χ3v) is 3.59. The van der Waals surface area contributed by atoms with Crippen molar-refractivity contribution in [2.24, 2.45) is 0 Å². The maximum atomic E-state index is 11.4. The van der Waals surface area contributed by atoms with Gasteiger partial charge >= 0.3 is 0 Å². The van der Waals surface area contributed by atoms with E-state index < -0.39 is 6.10 Å². The molecule has 0 bridgehead atoms. The number of aliphatic hydroxyl groups is 1. The van der Waals surface area contributed by atoms with Gasteiger partial charge in [-0.2, -0.15) is 11.8 Å². The minimum Gasteiger partial charge on any atom is -0.391 e. The van der Waals surface area contributed by atoms with Gasteiger partial charge in [-0.05, 0) is 17.7 Å². The molecule has 0 aliphatic rings. The molecule has 1 aromatic carbocycles. The molecule has 1 amide bonds. The van der Waals surface area contributed by atoms with Crippen LogP contribution < -0.4 is 5.32 Å². The zero-order valence-electron chi connectivity index (χ0n) is 10.8. The Balaban J connectivity index is 2.17. The van der Waals surface area contributed by atoms with E-state index in [1.54, 1.807) is 11.8 Å². The molecular formula is C14H21NO2S. The van der Waals surface area contributed by atoms with Crippen LogP contribution in [0.4, 0.5) is 0 Å². The van der Waals surface area contributed by atoms with Crippen LogP contribution in [0.1, 0.15) is 18.9 Å². The molecule has 18 heavy (non-hydrogen) atoms. The molecule has 0 aliphatic heterocycles. The van der Waals surface area contributed by atoms with Crippen LogP contribution in [0.3, 0.4) is 0 Å². The van der Waals surface area contributed by atoms with Gasteiger partial charge in [-0.1, -0.05) is 37.3 Å². The predicted molar refractivity (Wildman–Crippen MR) is 76.8 cm³/mol. The molecular weight excluding hydrogens is 246 g/mol. The fourth-order valence-corrected chi connectivity index (χ4v) is 2.27. The first-order valence-electron chi connectivity index (χ1n) is 6.28. The van der Waals surface area contributed by atoms with Crippen LogP contribution in [0.15, 0.2) is 30.3 Å². The largest absolute Gasteiger partial charge is 0.391 e. The normalized spacial score (nSPS) is 12.1. The molecule has 1 unspecified atom stereocenters. The van der Waals surface area contributed by atoms with Crippen molar-refractivity contribution in [3.05, 3.63) is 35.9 Å². The standard InChI is InChI=1S/C14H21NO2S/c1-2-8-18-11-14(17)15-10-13(16)9-12-6-4-3-5-7-12/h3-7,13,16H,2,8-11H2,1H3,(H,15,17). The number of carbonyl (C=O) groups excluding carboxylic acids is 1. The molecule has 1 rings (SSSR count). The van der Waals surface area contributed by atoms with Gasteiger partial charge in [0.25, 0.3) is 0 Å². The summed E-state index contributed by atoms with van der Waals surface area (Å²) in [6.07, 6.45) is 1.13. The number of benzene rings is 1. The van der Waals surface area contributed by atoms with Gasteiger partial charge in [-0.25, -0.2) is 0 Å². The molecule has 0 aromatic heterocycles. The van der Waals surface area contributed by atoms with E-state index in [0.29, 0.717) is 18.7 Å². The molecule has 100 valence electrons. The third kappa shape index (κ3) is 6.67. The van der Waals surface area contributed by atoms with E-state index in [9.17, 15) is 9.90 Å². The monoisotopic (exact) mass is 267 g/mol. The lowest BCUT2D eigenvalue weighted by Crippen LogP contribution is -2.34. The molecule has 2 N–H and O–H groups in total. The number of hydrogen-bond donors (Lipinski definition) is 2. The van der Waals surface area contributed by atoms with Crippen LogP contribution in [0.25, 0.3) is 0 Å². The van der Waals surface area contributed by atoms with Crippen molar-refractivity contribution in [2.75, 3.05) is 18.1 Å². The summed E-state index contributed by atoms with van der Waals surface area (Å²) in [5.41, 5.74) is 1.08. The molecule has 1 atom stereocenters. The fraction of sp³-hybridized carbons (Fsp3) is 0.500. The Morgan fingerprint density at radius 2 is 2.11 bits per heavy atom. The molecule has 0 spiro atoms. The highest BCUT2D eigenvalue weighted by molar-refractivity contribution is 7.99. The maximum Gasteiger partial charge on any atom is 0.230 e. The molecule has 0 saturated heterocycles. The number of thioether (sulfide) groups is 1. The summed E-state index contributed by atoms with van der Waals surface area (Å²) in [6.45, 7) is 2.41. The maximum absolute atomic E-state index is 11.4. The van der Waals surface area contributed by atoms with Crippen LogP contribution in [-0.4, -0.2) is 35.2 Å². The molecule has 0 heterocycles. The SMILES string of the molecule is CCCSCC(=O)NCC(O)Cc1ccccc1. The summed E-state index contributed by atoms with van der Waals surface area (Å²) in [7, 11) is 0. The second-order valence-electron chi connectivity index (χ2n) is 4.20. The Hall–Kier alpha value is -1.00. The Labute approximate surface area is 113 Å². The summed E-state index contributed by atoms with van der Waals surface area (Å²) in [6, 6.07) is 9.79. The number of aliphatic hydroxyl groups excluding tert-OH is 1. The predicted octanol–water partition coefficient (Wildman–Crippen LogP) is 1.85. The van der Waals surface area contributed by atoms with E-state index in [-0.39, 0.29) is 5.91 Å². The first kappa shape index (κ1) is 15.1. The van der Waals surface area contributed by atoms with Crippen LogP contribution in [0, 0.1) is 0 Å². The summed E-state index contributed by atoms with van der Waals surface area (Å²) >= 11 is 1.62. The van der Waals surface area contributed by atoms with Crippen molar-refractivity contribution in [1.29, 1.82) is 0 Å². The van der Waals surface area contributed by atoms with Crippen molar-refractivity contribution < 1.29 is 9.90 Å². The van der Waals surface area contributed by atoms with E-state index in [1.165, 1.54) is 0 Å². The van der Waals surface area contributed by atoms with Crippen LogP contribution in [0.2, 0.25) is 0 Å². The lowest BCUT2D eigenvalue weighted by atomic mass is 10.1. The third-order valence-electron chi connectivity index (χ3n) is 2.43. The van der Waals surface area contributed by atoms with Gasteiger partial charge in [-0.15, -0.1) is 0 Å². The molecule has 0 aliphatic carbocycles. The number of nitrogens with one attached hydrogen (secondary N) is 1. The van der Waals surface area contributed by atoms with Crippen LogP contribution >= 0.6 is 11.8 Å². The Kier molecular flexibility index (Phi) is 7.53. The van der Waals surface area contributed by atoms with Crippen LogP contribution in [0.5, 0.6) is 0 Å². The van der Waals surface area contributed by atoms with E-state index >= 15 is 0 Å². The summed E-state index contributed by atoms with van der Waals surface area (Å²) < 4.78 is 0. The smallest absolute Gasteiger partial charge is 0.230 e. The highest BCUT2D eigenvalue weighted by Crippen LogP contribution is 2.03. The van der Waals surface area contributed by atoms with Gasteiger partial charge in [0, 0.05) is 13.0 Å². The van der Waals surface area contributed by atoms with E-state index in [2.05, 4.69) is 12.2 Å². The van der Waals surface area contributed by atoms with Crippen molar-refractivity contribution >= 4 is 17.7 Å². The fourth-order valence-electron chi connectivity index (χ4n) is 1.55. The van der Waals surface area contributed by atoms with Crippen molar-refractivity contribution in [2.45, 2.75) is 25.9 Å². The summed E-state index contributed by atoms with van der Waals surface area (Å²) in [5, 5.41) is 12.6. The molecule has 0 radical (unpaired) electrons. The van der Waals surface area contributed by atoms with Crippen LogP contribution in [-0.2, 0) is 11.2 Å². The lowest BCUT2D eigenvalue weighted by molar-refractivity contribution is -0.119. The Bertz CT molecular complexity index is 343. The van der Waals surface area contributed by atoms with Crippen molar-refractivity contribution in [3.8, 4) is 0 Å². The molecule has 1 aromatic rings. The van der Waals surface area contributed by atoms with Gasteiger partial charge in [0.1, 0.15) is 0 Å². The zero-order chi connectivity index (χ0) is 13.2. The van der Waals surface area contributed by atoms with Gasteiger partial charge in [0.15, 0.2) is 0 Å². The first-order chi connectivity index (χ1) is 8.72. The second-order valence-corrected chi connectivity index (χ2v) is 5.31. The quantitative estimate of drug-likeness (QED) is 0.707. The lowest BCUT2D eigenvalue weighted by Gasteiger charge is -2.11. The topological polar surface area (TPSA) is 49.3 Å². The number of amides is 1. The van der Waals surface area contributed by atoms with Gasteiger partial charge < -0.3 is 10.4 Å². The average molecular weight is 267 g/mol. The molecule has 4 heteroatoms. The highest BCUT2D eigenvalue weighted by atomic mass is 32.2. The van der Waals surface area contributed by atoms with Gasteiger partial charge in [0.2, 0.25) is 5.91 Å². The van der Waals surface area contributed by atoms with Crippen molar-refractivity contribution in [1.82, 2.24) is 5.32 Å². The minimum absolute atomic E-state index is 0.000520. The Morgan fingerprint density at radius 1 is 1.39 bits per heavy atom. The van der Waals surface area contributed by atoms with Crippen molar-refractivity contribution in [3.63, 3.8) is 0 Å². The summed E-state index contributed by atoms with van der Waals surface area (Å²) in [5.74, 6) is 1.48. The summed E-state index contributed by atoms with van der Waals surface area (Å²) in [4.78, 5) is 11.4. The van der Waals surface area contributed by atoms with E-state index in [4.69, 9.17) is 0 Å². The van der Waals surface area contributed by atoms with E-state index in [1.807, 2.05) is 30.3 Å². The number of hydrogen-bond acceptors (Lipinski definition) is 3. The molecule has 0 saturated carbocycles.